The van der Waals surface area contributed by atoms with Gasteiger partial charge in [-0.2, -0.15) is 0 Å². The molecule has 0 bridgehead atoms. The van der Waals surface area contributed by atoms with Crippen molar-refractivity contribution in [2.45, 2.75) is 19.9 Å². The van der Waals surface area contributed by atoms with Crippen molar-refractivity contribution in [2.75, 3.05) is 25.7 Å². The first-order valence-electron chi connectivity index (χ1n) is 9.04. The van der Waals surface area contributed by atoms with Crippen LogP contribution in [0, 0.1) is 6.92 Å². The first-order valence-corrected chi connectivity index (χ1v) is 9.04. The molecule has 1 aliphatic heterocycles. The van der Waals surface area contributed by atoms with E-state index in [1.165, 1.54) is 16.8 Å². The average molecular weight is 380 g/mol. The zero-order chi connectivity index (χ0) is 20.1. The Morgan fingerprint density at radius 3 is 2.54 bits per heavy atom. The zero-order valence-corrected chi connectivity index (χ0v) is 16.3. The summed E-state index contributed by atoms with van der Waals surface area (Å²) in [5.41, 5.74) is 5.90. The standard InChI is InChI=1S/C21H22N2O2.CH2O2/c1-14-17-9-10-23(13-15-7-5-4-6-8-15)21(17)18-11-16(24-2)12-19(25-3)20(18)22-14;2-1-3/h4-8,11-12H,9-10,13H2,1-3H3;1H,(H,2,3). The first kappa shape index (κ1) is 19.5. The van der Waals surface area contributed by atoms with E-state index >= 15 is 0 Å². The van der Waals surface area contributed by atoms with E-state index in [2.05, 4.69) is 48.2 Å². The van der Waals surface area contributed by atoms with E-state index in [0.29, 0.717) is 0 Å². The van der Waals surface area contributed by atoms with Gasteiger partial charge in [0.2, 0.25) is 0 Å². The molecule has 6 heteroatoms. The van der Waals surface area contributed by atoms with Gasteiger partial charge in [-0.3, -0.25) is 4.79 Å². The summed E-state index contributed by atoms with van der Waals surface area (Å²) in [4.78, 5) is 15.6. The molecule has 4 rings (SSSR count). The number of benzene rings is 2. The van der Waals surface area contributed by atoms with E-state index in [1.54, 1.807) is 14.2 Å². The molecule has 146 valence electrons. The van der Waals surface area contributed by atoms with Crippen molar-refractivity contribution in [3.8, 4) is 11.5 Å². The van der Waals surface area contributed by atoms with Crippen LogP contribution >= 0.6 is 0 Å². The maximum Gasteiger partial charge on any atom is 0.290 e. The minimum Gasteiger partial charge on any atom is -0.497 e. The molecule has 1 N–H and O–H groups in total. The summed E-state index contributed by atoms with van der Waals surface area (Å²) in [6.07, 6.45) is 1.02. The summed E-state index contributed by atoms with van der Waals surface area (Å²) < 4.78 is 11.1. The number of aryl methyl sites for hydroxylation is 1. The SMILES string of the molecule is COc1cc(OC)c2nc(C)c3c(c2c1)N(Cc1ccccc1)CC3.O=CO. The number of methoxy groups -OCH3 is 2. The van der Waals surface area contributed by atoms with Crippen LogP contribution < -0.4 is 14.4 Å². The molecule has 0 aliphatic carbocycles. The maximum atomic E-state index is 8.36. The molecular formula is C22H24N2O4. The molecule has 0 spiro atoms. The number of ether oxygens (including phenoxy) is 2. The van der Waals surface area contributed by atoms with Gasteiger partial charge in [-0.15, -0.1) is 0 Å². The number of pyridine rings is 1. The molecular weight excluding hydrogens is 356 g/mol. The summed E-state index contributed by atoms with van der Waals surface area (Å²) in [5, 5.41) is 7.99. The molecule has 0 saturated carbocycles. The van der Waals surface area contributed by atoms with Crippen molar-refractivity contribution < 1.29 is 19.4 Å². The fourth-order valence-corrected chi connectivity index (χ4v) is 3.70. The Kier molecular flexibility index (Phi) is 5.99. The summed E-state index contributed by atoms with van der Waals surface area (Å²) in [7, 11) is 3.37. The van der Waals surface area contributed by atoms with Gasteiger partial charge in [-0.05, 0) is 30.5 Å². The number of rotatable bonds is 4. The molecule has 28 heavy (non-hydrogen) atoms. The molecule has 6 nitrogen and oxygen atoms in total. The third-order valence-electron chi connectivity index (χ3n) is 4.93. The third-order valence-corrected chi connectivity index (χ3v) is 4.93. The van der Waals surface area contributed by atoms with Crippen LogP contribution in [-0.4, -0.2) is 37.3 Å². The highest BCUT2D eigenvalue weighted by Gasteiger charge is 2.26. The van der Waals surface area contributed by atoms with Crippen molar-refractivity contribution >= 4 is 23.1 Å². The Bertz CT molecular complexity index is 973. The van der Waals surface area contributed by atoms with Crippen LogP contribution in [0.2, 0.25) is 0 Å². The predicted octanol–water partition coefficient (Wildman–Crippen LogP) is 3.82. The van der Waals surface area contributed by atoms with Crippen LogP contribution in [0.25, 0.3) is 10.9 Å². The quantitative estimate of drug-likeness (QED) is 0.694. The Balaban J connectivity index is 0.000000706. The van der Waals surface area contributed by atoms with E-state index in [-0.39, 0.29) is 6.47 Å². The number of hydrogen-bond donors (Lipinski definition) is 1. The Morgan fingerprint density at radius 1 is 1.18 bits per heavy atom. The second-order valence-corrected chi connectivity index (χ2v) is 6.51. The molecule has 0 fully saturated rings. The monoisotopic (exact) mass is 380 g/mol. The van der Waals surface area contributed by atoms with E-state index in [1.807, 2.05) is 6.07 Å². The Labute approximate surface area is 164 Å². The van der Waals surface area contributed by atoms with E-state index in [9.17, 15) is 0 Å². The Hall–Kier alpha value is -3.28. The summed E-state index contributed by atoms with van der Waals surface area (Å²) >= 11 is 0. The number of carbonyl (C=O) groups is 1. The fraction of sp³-hybridized carbons (Fsp3) is 0.273. The lowest BCUT2D eigenvalue weighted by molar-refractivity contribution is -0.122. The van der Waals surface area contributed by atoms with Gasteiger partial charge < -0.3 is 19.5 Å². The van der Waals surface area contributed by atoms with Gasteiger partial charge in [0.1, 0.15) is 17.0 Å². The average Bonchev–Trinajstić information content (AvgIpc) is 3.13. The molecule has 2 heterocycles. The van der Waals surface area contributed by atoms with Crippen LogP contribution in [0.5, 0.6) is 11.5 Å². The van der Waals surface area contributed by atoms with E-state index < -0.39 is 0 Å². The highest BCUT2D eigenvalue weighted by atomic mass is 16.5. The Morgan fingerprint density at radius 2 is 1.89 bits per heavy atom. The lowest BCUT2D eigenvalue weighted by atomic mass is 10.1. The van der Waals surface area contributed by atoms with E-state index in [4.69, 9.17) is 24.4 Å². The van der Waals surface area contributed by atoms with Gasteiger partial charge in [0, 0.05) is 30.2 Å². The van der Waals surface area contributed by atoms with Crippen molar-refractivity contribution in [2.24, 2.45) is 0 Å². The first-order chi connectivity index (χ1) is 13.6. The van der Waals surface area contributed by atoms with Crippen LogP contribution in [0.4, 0.5) is 5.69 Å². The van der Waals surface area contributed by atoms with Crippen molar-refractivity contribution in [1.82, 2.24) is 4.98 Å². The number of anilines is 1. The van der Waals surface area contributed by atoms with Crippen LogP contribution in [0.3, 0.4) is 0 Å². The maximum absolute atomic E-state index is 8.36. The van der Waals surface area contributed by atoms with Gasteiger partial charge in [-0.25, -0.2) is 4.98 Å². The second-order valence-electron chi connectivity index (χ2n) is 6.51. The molecule has 0 radical (unpaired) electrons. The van der Waals surface area contributed by atoms with Gasteiger partial charge in [-0.1, -0.05) is 30.3 Å². The third kappa shape index (κ3) is 3.71. The smallest absolute Gasteiger partial charge is 0.290 e. The molecule has 1 aliphatic rings. The molecule has 0 saturated heterocycles. The summed E-state index contributed by atoms with van der Waals surface area (Å²) in [5.74, 6) is 1.55. The predicted molar refractivity (Wildman–Crippen MR) is 109 cm³/mol. The normalized spacial score (nSPS) is 12.2. The fourth-order valence-electron chi connectivity index (χ4n) is 3.70. The number of nitrogens with zero attached hydrogens (tertiary/aromatic N) is 2. The number of hydrogen-bond acceptors (Lipinski definition) is 5. The highest BCUT2D eigenvalue weighted by Crippen LogP contribution is 2.42. The molecule has 2 aromatic carbocycles. The minimum atomic E-state index is -0.250. The lowest BCUT2D eigenvalue weighted by Crippen LogP contribution is -2.20. The molecule has 3 aromatic rings. The van der Waals surface area contributed by atoms with Crippen molar-refractivity contribution in [3.05, 3.63) is 59.3 Å². The van der Waals surface area contributed by atoms with Gasteiger partial charge in [0.05, 0.1) is 19.9 Å². The molecule has 0 unspecified atom stereocenters. The van der Waals surface area contributed by atoms with Crippen molar-refractivity contribution in [3.63, 3.8) is 0 Å². The topological polar surface area (TPSA) is 71.9 Å². The minimum absolute atomic E-state index is 0.250. The van der Waals surface area contributed by atoms with Gasteiger partial charge in [0.25, 0.3) is 6.47 Å². The van der Waals surface area contributed by atoms with E-state index in [0.717, 1.165) is 47.6 Å². The highest BCUT2D eigenvalue weighted by molar-refractivity contribution is 5.99. The zero-order valence-electron chi connectivity index (χ0n) is 16.3. The number of carboxylic acid groups (broad SMARTS) is 1. The summed E-state index contributed by atoms with van der Waals surface area (Å²) in [6, 6.07) is 14.6. The second kappa shape index (κ2) is 8.61. The number of fused-ring (bicyclic) bond motifs is 3. The molecule has 0 atom stereocenters. The number of aromatic nitrogens is 1. The van der Waals surface area contributed by atoms with Crippen LogP contribution in [0.1, 0.15) is 16.8 Å². The van der Waals surface area contributed by atoms with Gasteiger partial charge >= 0.3 is 0 Å². The molecule has 1 aromatic heterocycles. The van der Waals surface area contributed by atoms with Crippen LogP contribution in [0.15, 0.2) is 42.5 Å². The lowest BCUT2D eigenvalue weighted by Gasteiger charge is -2.22. The van der Waals surface area contributed by atoms with Crippen molar-refractivity contribution in [1.29, 1.82) is 0 Å². The summed E-state index contributed by atoms with van der Waals surface area (Å²) in [6.45, 7) is 3.74. The van der Waals surface area contributed by atoms with Crippen LogP contribution in [-0.2, 0) is 17.8 Å². The largest absolute Gasteiger partial charge is 0.497 e. The molecule has 0 amide bonds. The van der Waals surface area contributed by atoms with Gasteiger partial charge in [0.15, 0.2) is 0 Å².